The highest BCUT2D eigenvalue weighted by atomic mass is 19.1. The second kappa shape index (κ2) is 7.23. The second-order valence-electron chi connectivity index (χ2n) is 5.31. The van der Waals surface area contributed by atoms with Crippen molar-refractivity contribution in [3.05, 3.63) is 59.6 Å². The molecule has 2 aromatic rings. The van der Waals surface area contributed by atoms with Crippen LogP contribution in [0.1, 0.15) is 18.2 Å². The molecule has 0 aliphatic carbocycles. The Morgan fingerprint density at radius 1 is 1.22 bits per heavy atom. The zero-order valence-corrected chi connectivity index (χ0v) is 12.6. The summed E-state index contributed by atoms with van der Waals surface area (Å²) in [7, 11) is 0. The lowest BCUT2D eigenvalue weighted by Gasteiger charge is -2.21. The highest BCUT2D eigenvalue weighted by Gasteiger charge is 2.26. The number of rotatable bonds is 6. The number of hydrogen-bond acceptors (Lipinski definition) is 3. The van der Waals surface area contributed by atoms with Crippen molar-refractivity contribution in [2.24, 2.45) is 0 Å². The summed E-state index contributed by atoms with van der Waals surface area (Å²) in [6, 6.07) is 6.30. The Morgan fingerprint density at radius 3 is 2.52 bits per heavy atom. The van der Waals surface area contributed by atoms with Crippen LogP contribution in [0.3, 0.4) is 0 Å². The van der Waals surface area contributed by atoms with E-state index in [2.05, 4.69) is 10.6 Å². The van der Waals surface area contributed by atoms with E-state index in [-0.39, 0.29) is 25.1 Å². The van der Waals surface area contributed by atoms with E-state index in [0.29, 0.717) is 5.76 Å². The van der Waals surface area contributed by atoms with Crippen LogP contribution in [0.25, 0.3) is 0 Å². The van der Waals surface area contributed by atoms with Gasteiger partial charge in [-0.15, -0.1) is 0 Å². The molecule has 23 heavy (non-hydrogen) atoms. The number of nitrogens with one attached hydrogen (secondary N) is 2. The van der Waals surface area contributed by atoms with Crippen LogP contribution in [0.15, 0.2) is 41.0 Å². The van der Waals surface area contributed by atoms with Gasteiger partial charge in [0.2, 0.25) is 0 Å². The third-order valence-corrected chi connectivity index (χ3v) is 3.37. The van der Waals surface area contributed by atoms with Gasteiger partial charge in [-0.3, -0.25) is 0 Å². The normalized spacial score (nSPS) is 13.4. The molecule has 2 rings (SSSR count). The Morgan fingerprint density at radius 2 is 1.91 bits per heavy atom. The molecule has 5 nitrogen and oxygen atoms in total. The summed E-state index contributed by atoms with van der Waals surface area (Å²) in [6.07, 6.45) is 1.45. The lowest BCUT2D eigenvalue weighted by molar-refractivity contribution is 0.0367. The van der Waals surface area contributed by atoms with Crippen LogP contribution in [0.2, 0.25) is 0 Å². The van der Waals surface area contributed by atoms with Gasteiger partial charge in [-0.25, -0.2) is 13.6 Å². The van der Waals surface area contributed by atoms with E-state index in [0.717, 1.165) is 0 Å². The summed E-state index contributed by atoms with van der Waals surface area (Å²) in [5.74, 6) is -0.966. The minimum atomic E-state index is -1.35. The molecule has 2 amide bonds. The molecule has 0 saturated carbocycles. The van der Waals surface area contributed by atoms with Crippen LogP contribution in [-0.2, 0) is 12.0 Å². The first-order chi connectivity index (χ1) is 10.9. The van der Waals surface area contributed by atoms with Crippen LogP contribution in [0.4, 0.5) is 13.6 Å². The van der Waals surface area contributed by atoms with Crippen molar-refractivity contribution in [2.45, 2.75) is 18.9 Å². The van der Waals surface area contributed by atoms with Crippen molar-refractivity contribution >= 4 is 6.03 Å². The number of hydrogen-bond donors (Lipinski definition) is 3. The Labute approximate surface area is 132 Å². The summed E-state index contributed by atoms with van der Waals surface area (Å²) in [4.78, 5) is 11.7. The number of amides is 2. The fraction of sp³-hybridized carbons (Fsp3) is 0.312. The Balaban J connectivity index is 1.78. The standard InChI is InChI=1S/C16H18F2N2O3/c1-16(22,14-6-3-9-23-14)10-20-15(21)19-8-7-11-12(17)4-2-5-13(11)18/h2-6,9,22H,7-8,10H2,1H3,(H2,19,20,21). The third-order valence-electron chi connectivity index (χ3n) is 3.37. The van der Waals surface area contributed by atoms with Crippen molar-refractivity contribution in [3.63, 3.8) is 0 Å². The molecule has 3 N–H and O–H groups in total. The predicted octanol–water partition coefficient (Wildman–Crippen LogP) is 2.31. The molecule has 1 unspecified atom stereocenters. The molecule has 1 heterocycles. The number of carbonyl (C=O) groups is 1. The zero-order valence-electron chi connectivity index (χ0n) is 12.6. The quantitative estimate of drug-likeness (QED) is 0.763. The number of halogens is 2. The summed E-state index contributed by atoms with van der Waals surface area (Å²) in [6.45, 7) is 1.49. The van der Waals surface area contributed by atoms with Gasteiger partial charge >= 0.3 is 6.03 Å². The summed E-state index contributed by atoms with van der Waals surface area (Å²) in [5.41, 5.74) is -1.42. The van der Waals surface area contributed by atoms with Gasteiger partial charge in [0.15, 0.2) is 0 Å². The van der Waals surface area contributed by atoms with Crippen LogP contribution < -0.4 is 10.6 Å². The molecule has 1 atom stereocenters. The van der Waals surface area contributed by atoms with E-state index in [1.807, 2.05) is 0 Å². The first-order valence-corrected chi connectivity index (χ1v) is 7.11. The molecular formula is C16H18F2N2O3. The first kappa shape index (κ1) is 17.0. The van der Waals surface area contributed by atoms with Crippen molar-refractivity contribution in [2.75, 3.05) is 13.1 Å². The van der Waals surface area contributed by atoms with E-state index in [9.17, 15) is 18.7 Å². The molecule has 7 heteroatoms. The molecule has 0 radical (unpaired) electrons. The minimum Gasteiger partial charge on any atom is -0.466 e. The topological polar surface area (TPSA) is 74.5 Å². The molecule has 0 spiro atoms. The minimum absolute atomic E-state index is 0.0283. The zero-order chi connectivity index (χ0) is 16.9. The van der Waals surface area contributed by atoms with Gasteiger partial charge in [0.25, 0.3) is 0 Å². The second-order valence-corrected chi connectivity index (χ2v) is 5.31. The lowest BCUT2D eigenvalue weighted by Crippen LogP contribution is -2.43. The first-order valence-electron chi connectivity index (χ1n) is 7.11. The van der Waals surface area contributed by atoms with E-state index < -0.39 is 23.3 Å². The predicted molar refractivity (Wildman–Crippen MR) is 79.7 cm³/mol. The molecule has 0 aliphatic heterocycles. The van der Waals surface area contributed by atoms with Gasteiger partial charge in [0.05, 0.1) is 12.8 Å². The van der Waals surface area contributed by atoms with E-state index in [1.165, 1.54) is 31.4 Å². The van der Waals surface area contributed by atoms with E-state index in [4.69, 9.17) is 4.42 Å². The monoisotopic (exact) mass is 324 g/mol. The number of carbonyl (C=O) groups excluding carboxylic acids is 1. The van der Waals surface area contributed by atoms with E-state index in [1.54, 1.807) is 12.1 Å². The number of furan rings is 1. The molecule has 1 aromatic heterocycles. The Bertz CT molecular complexity index is 637. The van der Waals surface area contributed by atoms with Gasteiger partial charge in [-0.1, -0.05) is 6.07 Å². The van der Waals surface area contributed by atoms with Crippen LogP contribution in [0.5, 0.6) is 0 Å². The fourth-order valence-electron chi connectivity index (χ4n) is 2.06. The summed E-state index contributed by atoms with van der Waals surface area (Å²) in [5, 5.41) is 15.1. The van der Waals surface area contributed by atoms with Crippen LogP contribution >= 0.6 is 0 Å². The Hall–Kier alpha value is -2.41. The summed E-state index contributed by atoms with van der Waals surface area (Å²) >= 11 is 0. The third kappa shape index (κ3) is 4.53. The number of aliphatic hydroxyl groups is 1. The highest BCUT2D eigenvalue weighted by Crippen LogP contribution is 2.19. The summed E-state index contributed by atoms with van der Waals surface area (Å²) < 4.78 is 31.9. The van der Waals surface area contributed by atoms with Crippen molar-refractivity contribution < 1.29 is 23.1 Å². The molecule has 124 valence electrons. The molecule has 1 aromatic carbocycles. The van der Waals surface area contributed by atoms with Gasteiger partial charge in [0.1, 0.15) is 23.0 Å². The number of benzene rings is 1. The van der Waals surface area contributed by atoms with Gasteiger partial charge in [-0.05, 0) is 37.6 Å². The molecule has 0 fully saturated rings. The molecule has 0 bridgehead atoms. The van der Waals surface area contributed by atoms with Crippen molar-refractivity contribution in [3.8, 4) is 0 Å². The Kier molecular flexibility index (Phi) is 5.33. The molecular weight excluding hydrogens is 306 g/mol. The SMILES string of the molecule is CC(O)(CNC(=O)NCCc1c(F)cccc1F)c1ccco1. The highest BCUT2D eigenvalue weighted by molar-refractivity contribution is 5.73. The molecule has 0 saturated heterocycles. The average molecular weight is 324 g/mol. The maximum atomic E-state index is 13.4. The van der Waals surface area contributed by atoms with Gasteiger partial charge < -0.3 is 20.2 Å². The largest absolute Gasteiger partial charge is 0.466 e. The van der Waals surface area contributed by atoms with Crippen LogP contribution in [-0.4, -0.2) is 24.2 Å². The van der Waals surface area contributed by atoms with Crippen molar-refractivity contribution in [1.29, 1.82) is 0 Å². The fourth-order valence-corrected chi connectivity index (χ4v) is 2.06. The van der Waals surface area contributed by atoms with Gasteiger partial charge in [-0.2, -0.15) is 0 Å². The van der Waals surface area contributed by atoms with Crippen molar-refractivity contribution in [1.82, 2.24) is 10.6 Å². The molecule has 0 aliphatic rings. The maximum Gasteiger partial charge on any atom is 0.314 e. The lowest BCUT2D eigenvalue weighted by atomic mass is 10.0. The van der Waals surface area contributed by atoms with E-state index >= 15 is 0 Å². The van der Waals surface area contributed by atoms with Crippen LogP contribution in [0, 0.1) is 11.6 Å². The van der Waals surface area contributed by atoms with Gasteiger partial charge in [0, 0.05) is 12.1 Å². The average Bonchev–Trinajstić information content (AvgIpc) is 3.03. The smallest absolute Gasteiger partial charge is 0.314 e. The number of urea groups is 1. The maximum absolute atomic E-state index is 13.4.